The van der Waals surface area contributed by atoms with E-state index in [0.717, 1.165) is 16.5 Å². The Labute approximate surface area is 121 Å². The third-order valence-electron chi connectivity index (χ3n) is 3.10. The molecule has 0 spiro atoms. The molecule has 6 nitrogen and oxygen atoms in total. The number of H-pyrrole nitrogens is 1. The number of carbonyl (C=O) groups excluding carboxylic acids is 1. The van der Waals surface area contributed by atoms with Crippen molar-refractivity contribution >= 4 is 22.6 Å². The van der Waals surface area contributed by atoms with Gasteiger partial charge in [0, 0.05) is 17.8 Å². The number of aromatic nitrogens is 3. The molecule has 3 aromatic rings. The fourth-order valence-electron chi connectivity index (χ4n) is 2.08. The Morgan fingerprint density at radius 2 is 2.14 bits per heavy atom. The van der Waals surface area contributed by atoms with E-state index < -0.39 is 0 Å². The molecule has 1 aromatic carbocycles. The molecule has 6 heteroatoms. The SMILES string of the molecule is COc1ccc(NC(=O)Cc2ccc3[nH]ccc3c2)nn1. The van der Waals surface area contributed by atoms with E-state index in [1.54, 1.807) is 12.1 Å². The van der Waals surface area contributed by atoms with Crippen LogP contribution in [-0.4, -0.2) is 28.2 Å². The number of methoxy groups -OCH3 is 1. The summed E-state index contributed by atoms with van der Waals surface area (Å²) >= 11 is 0. The van der Waals surface area contributed by atoms with Crippen LogP contribution in [-0.2, 0) is 11.2 Å². The van der Waals surface area contributed by atoms with Gasteiger partial charge >= 0.3 is 0 Å². The number of fused-ring (bicyclic) bond motifs is 1. The number of anilines is 1. The van der Waals surface area contributed by atoms with Crippen LogP contribution in [0.5, 0.6) is 5.88 Å². The summed E-state index contributed by atoms with van der Waals surface area (Å²) in [5.74, 6) is 0.679. The molecule has 0 unspecified atom stereocenters. The maximum absolute atomic E-state index is 12.0. The molecule has 106 valence electrons. The number of benzene rings is 1. The van der Waals surface area contributed by atoms with Crippen molar-refractivity contribution in [2.75, 3.05) is 12.4 Å². The van der Waals surface area contributed by atoms with Gasteiger partial charge in [-0.15, -0.1) is 10.2 Å². The molecule has 0 aliphatic carbocycles. The normalized spacial score (nSPS) is 10.5. The largest absolute Gasteiger partial charge is 0.480 e. The van der Waals surface area contributed by atoms with Crippen molar-refractivity contribution in [3.05, 3.63) is 48.2 Å². The summed E-state index contributed by atoms with van der Waals surface area (Å²) in [6.45, 7) is 0. The van der Waals surface area contributed by atoms with Gasteiger partial charge < -0.3 is 15.0 Å². The molecule has 21 heavy (non-hydrogen) atoms. The molecular weight excluding hydrogens is 268 g/mol. The molecular formula is C15H14N4O2. The van der Waals surface area contributed by atoms with E-state index in [0.29, 0.717) is 11.7 Å². The first-order valence-electron chi connectivity index (χ1n) is 6.48. The van der Waals surface area contributed by atoms with Crippen LogP contribution in [0.2, 0.25) is 0 Å². The summed E-state index contributed by atoms with van der Waals surface area (Å²) in [5.41, 5.74) is 2.00. The van der Waals surface area contributed by atoms with E-state index in [-0.39, 0.29) is 12.3 Å². The van der Waals surface area contributed by atoms with Crippen molar-refractivity contribution in [2.24, 2.45) is 0 Å². The van der Waals surface area contributed by atoms with E-state index in [4.69, 9.17) is 4.74 Å². The molecule has 2 aromatic heterocycles. The summed E-state index contributed by atoms with van der Waals surface area (Å²) < 4.78 is 4.91. The average Bonchev–Trinajstić information content (AvgIpc) is 2.95. The van der Waals surface area contributed by atoms with Gasteiger partial charge in [-0.2, -0.15) is 0 Å². The highest BCUT2D eigenvalue weighted by atomic mass is 16.5. The first kappa shape index (κ1) is 13.1. The Kier molecular flexibility index (Phi) is 3.51. The number of hydrogen-bond donors (Lipinski definition) is 2. The molecule has 0 saturated heterocycles. The maximum atomic E-state index is 12.0. The lowest BCUT2D eigenvalue weighted by Crippen LogP contribution is -2.15. The van der Waals surface area contributed by atoms with Gasteiger partial charge in [0.2, 0.25) is 11.8 Å². The Balaban J connectivity index is 1.67. The quantitative estimate of drug-likeness (QED) is 0.768. The zero-order valence-electron chi connectivity index (χ0n) is 11.5. The van der Waals surface area contributed by atoms with Crippen LogP contribution in [0.3, 0.4) is 0 Å². The van der Waals surface area contributed by atoms with Crippen LogP contribution in [0.4, 0.5) is 5.82 Å². The molecule has 0 fully saturated rings. The number of carbonyl (C=O) groups is 1. The fourth-order valence-corrected chi connectivity index (χ4v) is 2.08. The first-order valence-corrected chi connectivity index (χ1v) is 6.48. The predicted molar refractivity (Wildman–Crippen MR) is 79.2 cm³/mol. The molecule has 2 heterocycles. The second-order valence-electron chi connectivity index (χ2n) is 4.59. The molecule has 1 amide bonds. The van der Waals surface area contributed by atoms with E-state index >= 15 is 0 Å². The zero-order valence-corrected chi connectivity index (χ0v) is 11.5. The van der Waals surface area contributed by atoms with Gasteiger partial charge in [0.1, 0.15) is 0 Å². The standard InChI is InChI=1S/C15H14N4O2/c1-21-15-5-4-13(18-19-15)17-14(20)9-10-2-3-12-11(8-10)6-7-16-12/h2-8,16H,9H2,1H3,(H,17,18,20). The molecule has 0 saturated carbocycles. The summed E-state index contributed by atoms with van der Waals surface area (Å²) in [4.78, 5) is 15.1. The Morgan fingerprint density at radius 3 is 2.90 bits per heavy atom. The van der Waals surface area contributed by atoms with Crippen molar-refractivity contribution in [2.45, 2.75) is 6.42 Å². The van der Waals surface area contributed by atoms with E-state index in [2.05, 4.69) is 20.5 Å². The summed E-state index contributed by atoms with van der Waals surface area (Å²) in [7, 11) is 1.51. The van der Waals surface area contributed by atoms with Crippen molar-refractivity contribution < 1.29 is 9.53 Å². The van der Waals surface area contributed by atoms with Crippen LogP contribution < -0.4 is 10.1 Å². The van der Waals surface area contributed by atoms with E-state index in [1.165, 1.54) is 7.11 Å². The molecule has 0 bridgehead atoms. The summed E-state index contributed by atoms with van der Waals surface area (Å²) in [5, 5.41) is 11.5. The van der Waals surface area contributed by atoms with Crippen molar-refractivity contribution in [3.8, 4) is 5.88 Å². The van der Waals surface area contributed by atoms with Gasteiger partial charge in [0.25, 0.3) is 0 Å². The fraction of sp³-hybridized carbons (Fsp3) is 0.133. The third-order valence-corrected chi connectivity index (χ3v) is 3.10. The zero-order chi connectivity index (χ0) is 14.7. The number of ether oxygens (including phenoxy) is 1. The first-order chi connectivity index (χ1) is 10.2. The number of aromatic amines is 1. The van der Waals surface area contributed by atoms with E-state index in [1.807, 2.05) is 30.5 Å². The highest BCUT2D eigenvalue weighted by Crippen LogP contribution is 2.15. The highest BCUT2D eigenvalue weighted by Gasteiger charge is 2.06. The highest BCUT2D eigenvalue weighted by molar-refractivity contribution is 5.92. The second-order valence-corrected chi connectivity index (χ2v) is 4.59. The molecule has 2 N–H and O–H groups in total. The van der Waals surface area contributed by atoms with Gasteiger partial charge in [-0.05, 0) is 35.2 Å². The minimum atomic E-state index is -0.135. The van der Waals surface area contributed by atoms with E-state index in [9.17, 15) is 4.79 Å². The van der Waals surface area contributed by atoms with Gasteiger partial charge in [-0.3, -0.25) is 4.79 Å². The van der Waals surface area contributed by atoms with Crippen molar-refractivity contribution in [1.82, 2.24) is 15.2 Å². The average molecular weight is 282 g/mol. The van der Waals surface area contributed by atoms with Gasteiger partial charge in [0.05, 0.1) is 13.5 Å². The maximum Gasteiger partial charge on any atom is 0.233 e. The molecule has 0 aliphatic heterocycles. The minimum absolute atomic E-state index is 0.135. The van der Waals surface area contributed by atoms with Crippen LogP contribution in [0.25, 0.3) is 10.9 Å². The second kappa shape index (κ2) is 5.62. The molecule has 3 rings (SSSR count). The Hall–Kier alpha value is -2.89. The smallest absolute Gasteiger partial charge is 0.233 e. The molecule has 0 atom stereocenters. The van der Waals surface area contributed by atoms with Crippen LogP contribution in [0.15, 0.2) is 42.6 Å². The Bertz CT molecular complexity index is 765. The number of amides is 1. The Morgan fingerprint density at radius 1 is 1.24 bits per heavy atom. The number of nitrogens with one attached hydrogen (secondary N) is 2. The molecule has 0 radical (unpaired) electrons. The lowest BCUT2D eigenvalue weighted by atomic mass is 10.1. The monoisotopic (exact) mass is 282 g/mol. The number of rotatable bonds is 4. The predicted octanol–water partition coefficient (Wildman–Crippen LogP) is 2.15. The van der Waals surface area contributed by atoms with Crippen LogP contribution in [0, 0.1) is 0 Å². The van der Waals surface area contributed by atoms with Crippen molar-refractivity contribution in [1.29, 1.82) is 0 Å². The molecule has 0 aliphatic rings. The lowest BCUT2D eigenvalue weighted by Gasteiger charge is -2.05. The topological polar surface area (TPSA) is 79.9 Å². The van der Waals surface area contributed by atoms with Gasteiger partial charge in [-0.25, -0.2) is 0 Å². The van der Waals surface area contributed by atoms with Crippen LogP contribution >= 0.6 is 0 Å². The van der Waals surface area contributed by atoms with Crippen molar-refractivity contribution in [3.63, 3.8) is 0 Å². The van der Waals surface area contributed by atoms with Gasteiger partial charge in [-0.1, -0.05) is 6.07 Å². The lowest BCUT2D eigenvalue weighted by molar-refractivity contribution is -0.115. The van der Waals surface area contributed by atoms with Gasteiger partial charge in [0.15, 0.2) is 5.82 Å². The summed E-state index contributed by atoms with van der Waals surface area (Å²) in [6.07, 6.45) is 2.16. The van der Waals surface area contributed by atoms with Crippen LogP contribution in [0.1, 0.15) is 5.56 Å². The number of hydrogen-bond acceptors (Lipinski definition) is 4. The number of nitrogens with zero attached hydrogens (tertiary/aromatic N) is 2. The third kappa shape index (κ3) is 3.00. The minimum Gasteiger partial charge on any atom is -0.480 e. The summed E-state index contributed by atoms with van der Waals surface area (Å²) in [6, 6.07) is 11.2.